The van der Waals surface area contributed by atoms with E-state index in [0.29, 0.717) is 29.5 Å². The third kappa shape index (κ3) is 6.57. The van der Waals surface area contributed by atoms with Crippen LogP contribution in [0.25, 0.3) is 0 Å². The molecule has 0 aliphatic rings. The van der Waals surface area contributed by atoms with E-state index in [4.69, 9.17) is 11.6 Å². The number of nitrogens with zero attached hydrogens (tertiary/aromatic N) is 1. The number of nitrogens with one attached hydrogen (secondary N) is 1. The van der Waals surface area contributed by atoms with Crippen molar-refractivity contribution in [1.29, 1.82) is 0 Å². The summed E-state index contributed by atoms with van der Waals surface area (Å²) in [6.45, 7) is 2.45. The average Bonchev–Trinajstić information content (AvgIpc) is 2.72. The van der Waals surface area contributed by atoms with Gasteiger partial charge in [0.1, 0.15) is 6.04 Å². The van der Waals surface area contributed by atoms with Gasteiger partial charge in [-0.2, -0.15) is 0 Å². The van der Waals surface area contributed by atoms with E-state index in [1.807, 2.05) is 61.5 Å². The molecule has 0 unspecified atom stereocenters. The van der Waals surface area contributed by atoms with Crippen LogP contribution >= 0.6 is 23.4 Å². The molecule has 0 bridgehead atoms. The van der Waals surface area contributed by atoms with Crippen LogP contribution in [0.3, 0.4) is 0 Å². The van der Waals surface area contributed by atoms with Gasteiger partial charge in [-0.1, -0.05) is 67.1 Å². The second-order valence-electron chi connectivity index (χ2n) is 6.45. The maximum Gasteiger partial charge on any atom is 0.242 e. The summed E-state index contributed by atoms with van der Waals surface area (Å²) in [5.41, 5.74) is 2.16. The smallest absolute Gasteiger partial charge is 0.242 e. The molecule has 6 heteroatoms. The number of rotatable bonds is 10. The SMILES string of the molecule is CC[C@@H](C(=O)NC)N(CCc1ccccc1)C(=O)CSCc1ccccc1Cl. The lowest BCUT2D eigenvalue weighted by molar-refractivity contribution is -0.138. The number of hydrogen-bond acceptors (Lipinski definition) is 3. The molecule has 2 rings (SSSR count). The fourth-order valence-corrected chi connectivity index (χ4v) is 4.21. The lowest BCUT2D eigenvalue weighted by Gasteiger charge is -2.30. The minimum absolute atomic E-state index is 0.0246. The number of hydrogen-bond donors (Lipinski definition) is 1. The van der Waals surface area contributed by atoms with Crippen molar-refractivity contribution in [2.45, 2.75) is 31.6 Å². The van der Waals surface area contributed by atoms with Crippen LogP contribution < -0.4 is 5.32 Å². The van der Waals surface area contributed by atoms with Crippen LogP contribution in [0.15, 0.2) is 54.6 Å². The highest BCUT2D eigenvalue weighted by Gasteiger charge is 2.27. The van der Waals surface area contributed by atoms with Gasteiger partial charge in [0, 0.05) is 24.4 Å². The lowest BCUT2D eigenvalue weighted by Crippen LogP contribution is -2.50. The summed E-state index contributed by atoms with van der Waals surface area (Å²) in [5.74, 6) is 0.825. The summed E-state index contributed by atoms with van der Waals surface area (Å²) < 4.78 is 0. The van der Waals surface area contributed by atoms with E-state index in [0.717, 1.165) is 17.5 Å². The Hall–Kier alpha value is -1.98. The molecule has 28 heavy (non-hydrogen) atoms. The molecule has 0 fully saturated rings. The summed E-state index contributed by atoms with van der Waals surface area (Å²) in [6, 6.07) is 17.2. The maximum absolute atomic E-state index is 13.0. The highest BCUT2D eigenvalue weighted by molar-refractivity contribution is 7.99. The van der Waals surface area contributed by atoms with E-state index in [1.165, 1.54) is 11.8 Å². The van der Waals surface area contributed by atoms with Gasteiger partial charge < -0.3 is 10.2 Å². The molecule has 1 N–H and O–H groups in total. The van der Waals surface area contributed by atoms with Gasteiger partial charge in [-0.25, -0.2) is 0 Å². The highest BCUT2D eigenvalue weighted by Crippen LogP contribution is 2.21. The van der Waals surface area contributed by atoms with Crippen LogP contribution in [0, 0.1) is 0 Å². The van der Waals surface area contributed by atoms with Gasteiger partial charge in [0.2, 0.25) is 11.8 Å². The Morgan fingerprint density at radius 1 is 1.11 bits per heavy atom. The maximum atomic E-state index is 13.0. The Balaban J connectivity index is 2.02. The van der Waals surface area contributed by atoms with Gasteiger partial charge in [-0.05, 0) is 30.0 Å². The summed E-state index contributed by atoms with van der Waals surface area (Å²) in [6.07, 6.45) is 1.30. The molecule has 150 valence electrons. The number of carbonyl (C=O) groups excluding carboxylic acids is 2. The number of thioether (sulfide) groups is 1. The first-order chi connectivity index (χ1) is 13.6. The van der Waals surface area contributed by atoms with Crippen molar-refractivity contribution in [2.75, 3.05) is 19.3 Å². The van der Waals surface area contributed by atoms with Crippen LogP contribution in [-0.2, 0) is 21.8 Å². The molecule has 0 heterocycles. The molecule has 2 aromatic carbocycles. The molecular formula is C22H27ClN2O2S. The third-order valence-corrected chi connectivity index (χ3v) is 5.89. The second kappa shape index (κ2) is 11.8. The standard InChI is InChI=1S/C22H27ClN2O2S/c1-3-20(22(27)24-2)25(14-13-17-9-5-4-6-10-17)21(26)16-28-15-18-11-7-8-12-19(18)23/h4-12,20H,3,13-16H2,1-2H3,(H,24,27)/t20-/m0/s1. The molecule has 2 aromatic rings. The topological polar surface area (TPSA) is 49.4 Å². The Morgan fingerprint density at radius 3 is 2.43 bits per heavy atom. The Bertz CT molecular complexity index is 770. The third-order valence-electron chi connectivity index (χ3n) is 4.56. The van der Waals surface area contributed by atoms with Crippen LogP contribution in [0.4, 0.5) is 0 Å². The van der Waals surface area contributed by atoms with Crippen LogP contribution in [0.1, 0.15) is 24.5 Å². The van der Waals surface area contributed by atoms with Crippen LogP contribution in [-0.4, -0.2) is 42.1 Å². The van der Waals surface area contributed by atoms with Crippen molar-refractivity contribution in [1.82, 2.24) is 10.2 Å². The van der Waals surface area contributed by atoms with Crippen molar-refractivity contribution >= 4 is 35.2 Å². The van der Waals surface area contributed by atoms with E-state index in [9.17, 15) is 9.59 Å². The number of likely N-dealkylation sites (N-methyl/N-ethyl adjacent to an activating group) is 1. The van der Waals surface area contributed by atoms with Crippen LogP contribution in [0.2, 0.25) is 5.02 Å². The predicted molar refractivity (Wildman–Crippen MR) is 118 cm³/mol. The van der Waals surface area contributed by atoms with Gasteiger partial charge in [-0.15, -0.1) is 11.8 Å². The summed E-state index contributed by atoms with van der Waals surface area (Å²) >= 11 is 7.71. The van der Waals surface area contributed by atoms with Gasteiger partial charge in [-0.3, -0.25) is 9.59 Å². The monoisotopic (exact) mass is 418 g/mol. The zero-order chi connectivity index (χ0) is 20.4. The summed E-state index contributed by atoms with van der Waals surface area (Å²) in [5, 5.41) is 3.39. The Kier molecular flexibility index (Phi) is 9.38. The second-order valence-corrected chi connectivity index (χ2v) is 7.84. The van der Waals surface area contributed by atoms with Crippen molar-refractivity contribution in [2.24, 2.45) is 0 Å². The van der Waals surface area contributed by atoms with Gasteiger partial charge >= 0.3 is 0 Å². The van der Waals surface area contributed by atoms with Crippen molar-refractivity contribution in [3.8, 4) is 0 Å². The molecule has 2 amide bonds. The quantitative estimate of drug-likeness (QED) is 0.630. The minimum Gasteiger partial charge on any atom is -0.357 e. The molecule has 0 saturated heterocycles. The van der Waals surface area contributed by atoms with E-state index < -0.39 is 6.04 Å². The summed E-state index contributed by atoms with van der Waals surface area (Å²) in [4.78, 5) is 27.0. The highest BCUT2D eigenvalue weighted by atomic mass is 35.5. The first-order valence-corrected chi connectivity index (χ1v) is 11.0. The van der Waals surface area contributed by atoms with Gasteiger partial charge in [0.15, 0.2) is 0 Å². The fourth-order valence-electron chi connectivity index (χ4n) is 3.01. The Labute approximate surface area is 176 Å². The normalized spacial score (nSPS) is 11.7. The Morgan fingerprint density at radius 2 is 1.79 bits per heavy atom. The first-order valence-electron chi connectivity index (χ1n) is 9.43. The van der Waals surface area contributed by atoms with Crippen molar-refractivity contribution in [3.63, 3.8) is 0 Å². The largest absolute Gasteiger partial charge is 0.357 e. The van der Waals surface area contributed by atoms with E-state index in [1.54, 1.807) is 11.9 Å². The van der Waals surface area contributed by atoms with Crippen molar-refractivity contribution < 1.29 is 9.59 Å². The fraction of sp³-hybridized carbons (Fsp3) is 0.364. The van der Waals surface area contributed by atoms with E-state index >= 15 is 0 Å². The van der Waals surface area contributed by atoms with Gasteiger partial charge in [0.25, 0.3) is 0 Å². The van der Waals surface area contributed by atoms with Crippen molar-refractivity contribution in [3.05, 3.63) is 70.7 Å². The number of benzene rings is 2. The first kappa shape index (κ1) is 22.3. The number of halogens is 1. The zero-order valence-corrected chi connectivity index (χ0v) is 17.9. The zero-order valence-electron chi connectivity index (χ0n) is 16.4. The molecular weight excluding hydrogens is 392 g/mol. The molecule has 4 nitrogen and oxygen atoms in total. The van der Waals surface area contributed by atoms with E-state index in [-0.39, 0.29) is 11.8 Å². The number of amides is 2. The number of carbonyl (C=O) groups is 2. The van der Waals surface area contributed by atoms with Crippen LogP contribution in [0.5, 0.6) is 0 Å². The lowest BCUT2D eigenvalue weighted by atomic mass is 10.1. The molecule has 0 aliphatic carbocycles. The predicted octanol–water partition coefficient (Wildman–Crippen LogP) is 4.17. The summed E-state index contributed by atoms with van der Waals surface area (Å²) in [7, 11) is 1.61. The average molecular weight is 419 g/mol. The molecule has 0 radical (unpaired) electrons. The minimum atomic E-state index is -0.456. The van der Waals surface area contributed by atoms with E-state index in [2.05, 4.69) is 5.32 Å². The van der Waals surface area contributed by atoms with Gasteiger partial charge in [0.05, 0.1) is 5.75 Å². The molecule has 0 spiro atoms. The molecule has 0 aromatic heterocycles. The molecule has 1 atom stereocenters. The molecule has 0 saturated carbocycles. The molecule has 0 aliphatic heterocycles.